The fourth-order valence-corrected chi connectivity index (χ4v) is 3.63. The normalized spacial score (nSPS) is 13.1. The van der Waals surface area contributed by atoms with Gasteiger partial charge in [0.2, 0.25) is 11.8 Å². The van der Waals surface area contributed by atoms with Crippen LogP contribution in [0.5, 0.6) is 5.75 Å². The van der Waals surface area contributed by atoms with Crippen molar-refractivity contribution in [1.29, 1.82) is 0 Å². The van der Waals surface area contributed by atoms with Crippen molar-refractivity contribution in [2.24, 2.45) is 4.99 Å². The molecule has 4 rings (SSSR count). The molecule has 0 unspecified atom stereocenters. The highest BCUT2D eigenvalue weighted by molar-refractivity contribution is 6.18. The Labute approximate surface area is 193 Å². The maximum atomic E-state index is 13.2. The summed E-state index contributed by atoms with van der Waals surface area (Å²) in [6.07, 6.45) is 2.62. The van der Waals surface area contributed by atoms with Crippen LogP contribution in [0.3, 0.4) is 0 Å². The quantitative estimate of drug-likeness (QED) is 0.582. The smallest absolute Gasteiger partial charge is 0.244 e. The van der Waals surface area contributed by atoms with E-state index in [0.717, 1.165) is 17.7 Å². The van der Waals surface area contributed by atoms with Crippen molar-refractivity contribution in [2.45, 2.75) is 26.7 Å². The lowest BCUT2D eigenvalue weighted by Gasteiger charge is -2.20. The summed E-state index contributed by atoms with van der Waals surface area (Å²) in [5, 5.41) is 2.83. The highest BCUT2D eigenvalue weighted by atomic mass is 16.5. The number of carbonyl (C=O) groups excluding carboxylic acids is 2. The van der Waals surface area contributed by atoms with Crippen molar-refractivity contribution in [3.63, 3.8) is 0 Å². The van der Waals surface area contributed by atoms with Gasteiger partial charge in [-0.1, -0.05) is 31.2 Å². The second-order valence-electron chi connectivity index (χ2n) is 7.62. The maximum Gasteiger partial charge on any atom is 0.244 e. The van der Waals surface area contributed by atoms with Gasteiger partial charge in [-0.05, 0) is 60.9 Å². The van der Waals surface area contributed by atoms with Crippen LogP contribution in [-0.2, 0) is 16.0 Å². The summed E-state index contributed by atoms with van der Waals surface area (Å²) >= 11 is 0. The highest BCUT2D eigenvalue weighted by Crippen LogP contribution is 2.31. The molecular formula is C26H26N4O3. The lowest BCUT2D eigenvalue weighted by molar-refractivity contribution is -0.120. The van der Waals surface area contributed by atoms with Crippen LogP contribution in [0, 0.1) is 0 Å². The molecule has 0 bridgehead atoms. The van der Waals surface area contributed by atoms with E-state index in [0.29, 0.717) is 29.5 Å². The summed E-state index contributed by atoms with van der Waals surface area (Å²) in [5.41, 5.74) is 3.95. The number of nitrogens with one attached hydrogen (secondary N) is 1. The van der Waals surface area contributed by atoms with Gasteiger partial charge in [-0.15, -0.1) is 0 Å². The third kappa shape index (κ3) is 5.26. The van der Waals surface area contributed by atoms with E-state index in [4.69, 9.17) is 9.73 Å². The van der Waals surface area contributed by atoms with Crippen molar-refractivity contribution in [3.05, 3.63) is 78.0 Å². The lowest BCUT2D eigenvalue weighted by Crippen LogP contribution is -2.38. The van der Waals surface area contributed by atoms with Crippen LogP contribution in [0.15, 0.2) is 71.9 Å². The molecule has 0 radical (unpaired) electrons. The molecule has 168 valence electrons. The van der Waals surface area contributed by atoms with Gasteiger partial charge in [-0.3, -0.25) is 14.5 Å². The maximum absolute atomic E-state index is 13.2. The molecule has 1 aromatic heterocycles. The fourth-order valence-electron chi connectivity index (χ4n) is 3.63. The lowest BCUT2D eigenvalue weighted by atomic mass is 10.0. The number of benzene rings is 2. The van der Waals surface area contributed by atoms with Gasteiger partial charge < -0.3 is 10.1 Å². The predicted octanol–water partition coefficient (Wildman–Crippen LogP) is 4.54. The van der Waals surface area contributed by atoms with Gasteiger partial charge in [0.15, 0.2) is 5.82 Å². The first-order valence-electron chi connectivity index (χ1n) is 11.0. The molecular weight excluding hydrogens is 416 g/mol. The molecule has 0 saturated heterocycles. The van der Waals surface area contributed by atoms with E-state index < -0.39 is 0 Å². The van der Waals surface area contributed by atoms with Gasteiger partial charge in [0.1, 0.15) is 18.0 Å². The standard InChI is InChI=1S/C26H26N4O3/c1-3-18-7-9-19(10-8-18)23-16-25(32)30(26-22(29-23)6-5-15-27-26)17-24(31)28-20-11-13-21(14-12-20)33-4-2/h5-15H,3-4,16-17H2,1-2H3,(H,28,31). The van der Waals surface area contributed by atoms with E-state index in [-0.39, 0.29) is 24.8 Å². The number of hydrogen-bond donors (Lipinski definition) is 1. The third-order valence-electron chi connectivity index (χ3n) is 5.34. The predicted molar refractivity (Wildman–Crippen MR) is 129 cm³/mol. The number of aromatic nitrogens is 1. The second kappa shape index (κ2) is 10.1. The molecule has 7 nitrogen and oxygen atoms in total. The number of fused-ring (bicyclic) bond motifs is 1. The Morgan fingerprint density at radius 2 is 1.82 bits per heavy atom. The Bertz CT molecular complexity index is 1170. The zero-order valence-electron chi connectivity index (χ0n) is 18.7. The third-order valence-corrected chi connectivity index (χ3v) is 5.34. The highest BCUT2D eigenvalue weighted by Gasteiger charge is 2.27. The molecule has 0 spiro atoms. The number of aryl methyl sites for hydroxylation is 1. The Kier molecular flexibility index (Phi) is 6.78. The number of amides is 2. The van der Waals surface area contributed by atoms with Crippen molar-refractivity contribution in [1.82, 2.24) is 4.98 Å². The number of anilines is 2. The van der Waals surface area contributed by atoms with Crippen LogP contribution in [0.2, 0.25) is 0 Å². The fraction of sp³-hybridized carbons (Fsp3) is 0.231. The number of rotatable bonds is 7. The van der Waals surface area contributed by atoms with Crippen LogP contribution in [-0.4, -0.2) is 35.7 Å². The van der Waals surface area contributed by atoms with Gasteiger partial charge in [-0.2, -0.15) is 0 Å². The Balaban J connectivity index is 1.54. The molecule has 3 aromatic rings. The van der Waals surface area contributed by atoms with Gasteiger partial charge in [0, 0.05) is 11.9 Å². The summed E-state index contributed by atoms with van der Waals surface area (Å²) in [4.78, 5) is 36.5. The van der Waals surface area contributed by atoms with E-state index in [1.54, 1.807) is 42.6 Å². The molecule has 0 aliphatic carbocycles. The van der Waals surface area contributed by atoms with Crippen LogP contribution in [0.4, 0.5) is 17.2 Å². The zero-order chi connectivity index (χ0) is 23.2. The number of aliphatic imine (C=N–C) groups is 1. The minimum atomic E-state index is -0.320. The van der Waals surface area contributed by atoms with Gasteiger partial charge in [-0.25, -0.2) is 9.98 Å². The molecule has 2 heterocycles. The van der Waals surface area contributed by atoms with Gasteiger partial charge >= 0.3 is 0 Å². The number of nitrogens with zero attached hydrogens (tertiary/aromatic N) is 3. The Morgan fingerprint density at radius 1 is 1.06 bits per heavy atom. The minimum absolute atomic E-state index is 0.0815. The van der Waals surface area contributed by atoms with Crippen LogP contribution in [0.1, 0.15) is 31.4 Å². The molecule has 2 aromatic carbocycles. The van der Waals surface area contributed by atoms with Gasteiger partial charge in [0.25, 0.3) is 0 Å². The van der Waals surface area contributed by atoms with E-state index in [2.05, 4.69) is 17.2 Å². The number of carbonyl (C=O) groups is 2. The number of ether oxygens (including phenoxy) is 1. The van der Waals surface area contributed by atoms with E-state index in [9.17, 15) is 9.59 Å². The monoisotopic (exact) mass is 442 g/mol. The van der Waals surface area contributed by atoms with Crippen molar-refractivity contribution in [2.75, 3.05) is 23.4 Å². The molecule has 0 fully saturated rings. The summed E-state index contributed by atoms with van der Waals surface area (Å²) < 4.78 is 5.43. The first kappa shape index (κ1) is 22.2. The van der Waals surface area contributed by atoms with Crippen LogP contribution >= 0.6 is 0 Å². The first-order chi connectivity index (χ1) is 16.1. The molecule has 0 saturated carbocycles. The van der Waals surface area contributed by atoms with Crippen LogP contribution < -0.4 is 15.0 Å². The van der Waals surface area contributed by atoms with Crippen molar-refractivity contribution >= 4 is 34.7 Å². The van der Waals surface area contributed by atoms with E-state index in [1.165, 1.54) is 10.5 Å². The number of pyridine rings is 1. The average molecular weight is 443 g/mol. The molecule has 2 amide bonds. The van der Waals surface area contributed by atoms with Crippen molar-refractivity contribution in [3.8, 4) is 5.75 Å². The Hall–Kier alpha value is -4.00. The number of hydrogen-bond acceptors (Lipinski definition) is 5. The first-order valence-corrected chi connectivity index (χ1v) is 11.0. The Morgan fingerprint density at radius 3 is 2.52 bits per heavy atom. The molecule has 1 aliphatic heterocycles. The topological polar surface area (TPSA) is 83.9 Å². The summed E-state index contributed by atoms with van der Waals surface area (Å²) in [5.74, 6) is 0.560. The SMILES string of the molecule is CCOc1ccc(NC(=O)CN2C(=O)CC(c3ccc(CC)cc3)=Nc3cccnc32)cc1. The minimum Gasteiger partial charge on any atom is -0.494 e. The average Bonchev–Trinajstić information content (AvgIpc) is 2.97. The molecule has 33 heavy (non-hydrogen) atoms. The summed E-state index contributed by atoms with van der Waals surface area (Å²) in [6.45, 7) is 4.42. The second-order valence-corrected chi connectivity index (χ2v) is 7.62. The summed E-state index contributed by atoms with van der Waals surface area (Å²) in [7, 11) is 0. The molecule has 0 atom stereocenters. The van der Waals surface area contributed by atoms with E-state index in [1.807, 2.05) is 31.2 Å². The largest absolute Gasteiger partial charge is 0.494 e. The zero-order valence-corrected chi connectivity index (χ0v) is 18.7. The summed E-state index contributed by atoms with van der Waals surface area (Å²) in [6, 6.07) is 18.7. The van der Waals surface area contributed by atoms with Crippen molar-refractivity contribution < 1.29 is 14.3 Å². The van der Waals surface area contributed by atoms with Gasteiger partial charge in [0.05, 0.1) is 18.7 Å². The van der Waals surface area contributed by atoms with Crippen LogP contribution in [0.25, 0.3) is 0 Å². The molecule has 1 aliphatic rings. The molecule has 7 heteroatoms. The molecule has 1 N–H and O–H groups in total. The van der Waals surface area contributed by atoms with E-state index >= 15 is 0 Å².